The Morgan fingerprint density at radius 1 is 0.981 bits per heavy atom. The molecule has 278 valence electrons. The van der Waals surface area contributed by atoms with E-state index >= 15 is 0 Å². The molecule has 14 nitrogen and oxygen atoms in total. The molecule has 2 aromatic rings. The number of Topliss-reactive ketones (excluding diaryl/α,β-unsaturated/α-hetero) is 2. The Balaban J connectivity index is 1.44. The standard InChI is InChI=1S/C38H46N4O10/c1-4-6-12-51-26-18-23(42-10-14-50-15-11-42)27(52-13-7-5-2)17-22(26)41-40-21-8-9-24(43)31-28(21)19(3)29-33(37(31)48)36(47)30-20(34(29)45)16-25(44)32(35(30)46)38(39)49/h8-9,17-20,29-30,34,43,45-46,48H,4-7,10-16H2,1-3H3,(H2,39,49)/t19?,20-,29+,30?,34+/m0/s1. The molecule has 2 aromatic carbocycles. The number of rotatable bonds is 12. The summed E-state index contributed by atoms with van der Waals surface area (Å²) in [6.45, 7) is 9.37. The number of azo groups is 1. The Labute approximate surface area is 301 Å². The van der Waals surface area contributed by atoms with E-state index in [1.54, 1.807) is 13.0 Å². The molecule has 5 atom stereocenters. The predicted molar refractivity (Wildman–Crippen MR) is 190 cm³/mol. The van der Waals surface area contributed by atoms with Crippen molar-refractivity contribution in [2.24, 2.45) is 33.7 Å². The minimum atomic E-state index is -1.47. The largest absolute Gasteiger partial charge is 0.511 e. The first kappa shape index (κ1) is 36.8. The van der Waals surface area contributed by atoms with Gasteiger partial charge in [0.15, 0.2) is 11.6 Å². The van der Waals surface area contributed by atoms with Gasteiger partial charge in [0.25, 0.3) is 5.91 Å². The number of morpholine rings is 1. The summed E-state index contributed by atoms with van der Waals surface area (Å²) in [6.07, 6.45) is 1.76. The minimum absolute atomic E-state index is 0.0645. The summed E-state index contributed by atoms with van der Waals surface area (Å²) in [4.78, 5) is 40.9. The third-order valence-corrected chi connectivity index (χ3v) is 10.5. The second kappa shape index (κ2) is 15.3. The normalized spacial score (nSPS) is 24.5. The van der Waals surface area contributed by atoms with E-state index in [0.717, 1.165) is 31.4 Å². The summed E-state index contributed by atoms with van der Waals surface area (Å²) in [5.41, 5.74) is 6.21. The molecule has 1 aliphatic heterocycles. The number of carbonyl (C=O) groups excluding carboxylic acids is 3. The monoisotopic (exact) mass is 718 g/mol. The molecule has 14 heteroatoms. The molecule has 0 spiro atoms. The number of anilines is 1. The SMILES string of the molecule is CCCCOc1cc(N2CCOCC2)c(OCCCC)cc1N=Nc1ccc(O)c2c1C(C)[C@@H]1C(=C2O)C(=O)C2C(O)=C(C(N)=O)C(=O)C[C@@H]2[C@H]1O. The Bertz CT molecular complexity index is 1850. The van der Waals surface area contributed by atoms with Gasteiger partial charge in [-0.2, -0.15) is 5.11 Å². The molecule has 0 aromatic heterocycles. The molecule has 6 rings (SSSR count). The van der Waals surface area contributed by atoms with E-state index in [4.69, 9.17) is 19.9 Å². The molecule has 0 radical (unpaired) electrons. The van der Waals surface area contributed by atoms with Gasteiger partial charge in [-0.3, -0.25) is 14.4 Å². The lowest BCUT2D eigenvalue weighted by molar-refractivity contribution is -0.133. The molecule has 1 amide bonds. The minimum Gasteiger partial charge on any atom is -0.511 e. The fourth-order valence-corrected chi connectivity index (χ4v) is 7.79. The van der Waals surface area contributed by atoms with Gasteiger partial charge >= 0.3 is 0 Å². The van der Waals surface area contributed by atoms with Gasteiger partial charge in [0.05, 0.1) is 55.4 Å². The number of allylic oxidation sites excluding steroid dienone is 1. The molecule has 2 unspecified atom stereocenters. The van der Waals surface area contributed by atoms with Crippen LogP contribution in [0.15, 0.2) is 51.4 Å². The summed E-state index contributed by atoms with van der Waals surface area (Å²) in [5, 5.41) is 54.4. The van der Waals surface area contributed by atoms with E-state index in [1.165, 1.54) is 12.1 Å². The number of fused-ring (bicyclic) bond motifs is 3. The van der Waals surface area contributed by atoms with Crippen LogP contribution in [-0.2, 0) is 19.1 Å². The van der Waals surface area contributed by atoms with Crippen LogP contribution in [-0.4, -0.2) is 83.5 Å². The van der Waals surface area contributed by atoms with Crippen molar-refractivity contribution in [3.05, 3.63) is 52.3 Å². The molecule has 1 saturated heterocycles. The number of phenols is 1. The fourth-order valence-electron chi connectivity index (χ4n) is 7.79. The van der Waals surface area contributed by atoms with Crippen molar-refractivity contribution in [1.82, 2.24) is 0 Å². The zero-order chi connectivity index (χ0) is 37.3. The Hall–Kier alpha value is -4.95. The maximum atomic E-state index is 14.0. The van der Waals surface area contributed by atoms with Crippen LogP contribution >= 0.6 is 0 Å². The number of hydrogen-bond donors (Lipinski definition) is 5. The summed E-state index contributed by atoms with van der Waals surface area (Å²) in [5.74, 6) is -7.67. The number of ether oxygens (including phenoxy) is 3. The molecular weight excluding hydrogens is 672 g/mol. The molecule has 4 aliphatic rings. The Morgan fingerprint density at radius 3 is 2.29 bits per heavy atom. The van der Waals surface area contributed by atoms with Gasteiger partial charge in [0, 0.05) is 49.1 Å². The highest BCUT2D eigenvalue weighted by atomic mass is 16.5. The number of unbranched alkanes of at least 4 members (excludes halogenated alkanes) is 2. The van der Waals surface area contributed by atoms with Crippen LogP contribution in [0.3, 0.4) is 0 Å². The van der Waals surface area contributed by atoms with E-state index < -0.39 is 70.8 Å². The van der Waals surface area contributed by atoms with Crippen LogP contribution in [0.25, 0.3) is 5.76 Å². The zero-order valence-corrected chi connectivity index (χ0v) is 29.6. The number of hydrogen-bond acceptors (Lipinski definition) is 13. The highest BCUT2D eigenvalue weighted by Crippen LogP contribution is 2.56. The molecular formula is C38H46N4O10. The second-order valence-electron chi connectivity index (χ2n) is 13.7. The van der Waals surface area contributed by atoms with Crippen LogP contribution in [0.4, 0.5) is 17.1 Å². The second-order valence-corrected chi connectivity index (χ2v) is 13.7. The van der Waals surface area contributed by atoms with Crippen LogP contribution in [0, 0.1) is 17.8 Å². The number of amides is 1. The van der Waals surface area contributed by atoms with Gasteiger partial charge in [-0.15, -0.1) is 5.11 Å². The molecule has 52 heavy (non-hydrogen) atoms. The summed E-state index contributed by atoms with van der Waals surface area (Å²) in [7, 11) is 0. The lowest BCUT2D eigenvalue weighted by Crippen LogP contribution is -2.52. The van der Waals surface area contributed by atoms with Crippen molar-refractivity contribution in [3.8, 4) is 17.2 Å². The van der Waals surface area contributed by atoms with Crippen molar-refractivity contribution in [2.45, 2.75) is 64.9 Å². The number of carbonyl (C=O) groups is 3. The first-order valence-electron chi connectivity index (χ1n) is 18.0. The van der Waals surface area contributed by atoms with Crippen LogP contribution in [0.2, 0.25) is 0 Å². The highest BCUT2D eigenvalue weighted by Gasteiger charge is 2.57. The van der Waals surface area contributed by atoms with Gasteiger partial charge in [-0.05, 0) is 36.5 Å². The van der Waals surface area contributed by atoms with Gasteiger partial charge in [-0.25, -0.2) is 0 Å². The lowest BCUT2D eigenvalue weighted by Gasteiger charge is -2.46. The smallest absolute Gasteiger partial charge is 0.255 e. The number of primary amides is 1. The number of nitrogens with zero attached hydrogens (tertiary/aromatic N) is 3. The summed E-state index contributed by atoms with van der Waals surface area (Å²) < 4.78 is 18.1. The maximum Gasteiger partial charge on any atom is 0.255 e. The average Bonchev–Trinajstić information content (AvgIpc) is 3.12. The van der Waals surface area contributed by atoms with Crippen LogP contribution in [0.5, 0.6) is 17.2 Å². The number of phenolic OH excluding ortho intramolecular Hbond substituents is 1. The number of nitrogens with two attached hydrogens (primary N) is 1. The third-order valence-electron chi connectivity index (χ3n) is 10.5. The maximum absolute atomic E-state index is 14.0. The highest BCUT2D eigenvalue weighted by molar-refractivity contribution is 6.21. The number of aromatic hydroxyl groups is 1. The summed E-state index contributed by atoms with van der Waals surface area (Å²) >= 11 is 0. The Kier molecular flexibility index (Phi) is 10.9. The van der Waals surface area contributed by atoms with Crippen molar-refractivity contribution in [2.75, 3.05) is 44.4 Å². The topological polar surface area (TPSA) is 214 Å². The van der Waals surface area contributed by atoms with Gasteiger partial charge in [0.1, 0.15) is 40.0 Å². The van der Waals surface area contributed by atoms with E-state index in [9.17, 15) is 34.8 Å². The van der Waals surface area contributed by atoms with Gasteiger partial charge in [-0.1, -0.05) is 33.6 Å². The van der Waals surface area contributed by atoms with E-state index in [-0.39, 0.29) is 22.6 Å². The van der Waals surface area contributed by atoms with Crippen molar-refractivity contribution in [1.29, 1.82) is 0 Å². The summed E-state index contributed by atoms with van der Waals surface area (Å²) in [6, 6.07) is 6.56. The molecule has 0 bridgehead atoms. The number of benzene rings is 2. The van der Waals surface area contributed by atoms with Crippen molar-refractivity contribution in [3.63, 3.8) is 0 Å². The predicted octanol–water partition coefficient (Wildman–Crippen LogP) is 5.45. The molecule has 6 N–H and O–H groups in total. The van der Waals surface area contributed by atoms with Gasteiger partial charge < -0.3 is 45.3 Å². The van der Waals surface area contributed by atoms with Crippen LogP contribution < -0.4 is 20.1 Å². The first-order valence-corrected chi connectivity index (χ1v) is 18.0. The third kappa shape index (κ3) is 6.60. The first-order chi connectivity index (χ1) is 25.0. The molecule has 2 fully saturated rings. The van der Waals surface area contributed by atoms with E-state index in [0.29, 0.717) is 62.3 Å². The number of aliphatic hydroxyl groups excluding tert-OH is 3. The quantitative estimate of drug-likeness (QED) is 0.106. The molecule has 1 saturated carbocycles. The average molecular weight is 719 g/mol. The van der Waals surface area contributed by atoms with Crippen molar-refractivity contribution < 1.29 is 49.0 Å². The van der Waals surface area contributed by atoms with Crippen molar-refractivity contribution >= 4 is 40.3 Å². The Morgan fingerprint density at radius 2 is 1.63 bits per heavy atom. The lowest BCUT2D eigenvalue weighted by atomic mass is 9.57. The zero-order valence-electron chi connectivity index (χ0n) is 29.6. The molecule has 1 heterocycles. The van der Waals surface area contributed by atoms with Crippen LogP contribution in [0.1, 0.15) is 69.9 Å². The fraction of sp³-hybridized carbons (Fsp3) is 0.500. The number of ketones is 2. The van der Waals surface area contributed by atoms with Gasteiger partial charge in [0.2, 0.25) is 0 Å². The molecule has 3 aliphatic carbocycles. The van der Waals surface area contributed by atoms with E-state index in [2.05, 4.69) is 29.0 Å². The number of aliphatic hydroxyl groups is 3. The van der Waals surface area contributed by atoms with E-state index in [1.807, 2.05) is 6.07 Å².